The van der Waals surface area contributed by atoms with E-state index in [0.717, 1.165) is 62.9 Å². The number of carbonyl (C=O) groups excluding carboxylic acids is 1. The van der Waals surface area contributed by atoms with Crippen LogP contribution in [0.25, 0.3) is 0 Å². The Bertz CT molecular complexity index is 710. The van der Waals surface area contributed by atoms with E-state index in [9.17, 15) is 4.79 Å². The lowest BCUT2D eigenvalue weighted by Gasteiger charge is -2.26. The smallest absolute Gasteiger partial charge is 0.239 e. The molecular weight excluding hydrogens is 394 g/mol. The van der Waals surface area contributed by atoms with Gasteiger partial charge in [-0.15, -0.1) is 0 Å². The number of hydrogen-bond acceptors (Lipinski definition) is 5. The van der Waals surface area contributed by atoms with Gasteiger partial charge in [0.2, 0.25) is 5.91 Å². The summed E-state index contributed by atoms with van der Waals surface area (Å²) in [7, 11) is 5.30. The second-order valence-electron chi connectivity index (χ2n) is 8.01. The van der Waals surface area contributed by atoms with Crippen molar-refractivity contribution in [1.82, 2.24) is 20.4 Å². The summed E-state index contributed by atoms with van der Waals surface area (Å²) >= 11 is 0. The van der Waals surface area contributed by atoms with Gasteiger partial charge in [0.05, 0.1) is 19.7 Å². The largest absolute Gasteiger partial charge is 0.493 e. The van der Waals surface area contributed by atoms with Crippen LogP contribution < -0.4 is 20.1 Å². The first-order valence-corrected chi connectivity index (χ1v) is 11.2. The molecule has 0 aliphatic carbocycles. The Kier molecular flexibility index (Phi) is 10.4. The maximum atomic E-state index is 12.3. The van der Waals surface area contributed by atoms with Crippen LogP contribution in [0.3, 0.4) is 0 Å². The zero-order valence-electron chi connectivity index (χ0n) is 19.7. The summed E-state index contributed by atoms with van der Waals surface area (Å²) in [5.74, 6) is 2.43. The van der Waals surface area contributed by atoms with Gasteiger partial charge >= 0.3 is 0 Å². The maximum Gasteiger partial charge on any atom is 0.239 e. The van der Waals surface area contributed by atoms with Crippen LogP contribution in [0.15, 0.2) is 29.3 Å². The van der Waals surface area contributed by atoms with Crippen LogP contribution in [0.1, 0.15) is 33.1 Å². The fourth-order valence-corrected chi connectivity index (χ4v) is 3.69. The zero-order chi connectivity index (χ0) is 22.6. The monoisotopic (exact) mass is 433 g/mol. The number of likely N-dealkylation sites (N-methyl/N-ethyl adjacent to an activating group) is 1. The highest BCUT2D eigenvalue weighted by molar-refractivity contribution is 5.81. The predicted octanol–water partition coefficient (Wildman–Crippen LogP) is 1.96. The molecule has 0 bridgehead atoms. The highest BCUT2D eigenvalue weighted by Crippen LogP contribution is 2.26. The van der Waals surface area contributed by atoms with Crippen molar-refractivity contribution in [2.24, 2.45) is 4.99 Å². The SMILES string of the molecule is CCNC(=NCC(C)Oc1ccccc1OC)NCCCN1CCCC1C(=O)N(C)C. The Hall–Kier alpha value is -2.48. The van der Waals surface area contributed by atoms with E-state index < -0.39 is 0 Å². The predicted molar refractivity (Wildman–Crippen MR) is 125 cm³/mol. The normalized spacial score (nSPS) is 17.8. The van der Waals surface area contributed by atoms with Crippen molar-refractivity contribution < 1.29 is 14.3 Å². The molecule has 1 aliphatic rings. The number of nitrogens with zero attached hydrogens (tertiary/aromatic N) is 3. The Balaban J connectivity index is 1.78. The average molecular weight is 434 g/mol. The van der Waals surface area contributed by atoms with Crippen molar-refractivity contribution in [3.63, 3.8) is 0 Å². The molecule has 8 nitrogen and oxygen atoms in total. The van der Waals surface area contributed by atoms with Gasteiger partial charge in [0.1, 0.15) is 6.10 Å². The van der Waals surface area contributed by atoms with Gasteiger partial charge in [-0.3, -0.25) is 9.69 Å². The van der Waals surface area contributed by atoms with Gasteiger partial charge < -0.3 is 25.0 Å². The number of hydrogen-bond donors (Lipinski definition) is 2. The van der Waals surface area contributed by atoms with Gasteiger partial charge in [0, 0.05) is 33.7 Å². The third-order valence-electron chi connectivity index (χ3n) is 5.25. The first-order chi connectivity index (χ1) is 15.0. The lowest BCUT2D eigenvalue weighted by atomic mass is 10.2. The van der Waals surface area contributed by atoms with E-state index in [-0.39, 0.29) is 18.1 Å². The number of amides is 1. The molecule has 1 saturated heterocycles. The topological polar surface area (TPSA) is 78.4 Å². The van der Waals surface area contributed by atoms with E-state index in [0.29, 0.717) is 6.54 Å². The van der Waals surface area contributed by atoms with Crippen LogP contribution >= 0.6 is 0 Å². The molecule has 1 fully saturated rings. The minimum Gasteiger partial charge on any atom is -0.493 e. The minimum atomic E-state index is -0.0887. The number of guanidine groups is 1. The Morgan fingerprint density at radius 3 is 2.71 bits per heavy atom. The molecule has 2 atom stereocenters. The molecule has 0 spiro atoms. The van der Waals surface area contributed by atoms with Gasteiger partial charge in [0.15, 0.2) is 17.5 Å². The molecular formula is C23H39N5O3. The third-order valence-corrected chi connectivity index (χ3v) is 5.25. The molecule has 2 unspecified atom stereocenters. The van der Waals surface area contributed by atoms with Crippen LogP contribution in [0.5, 0.6) is 11.5 Å². The highest BCUT2D eigenvalue weighted by atomic mass is 16.5. The summed E-state index contributed by atoms with van der Waals surface area (Å²) in [6.45, 7) is 8.06. The van der Waals surface area contributed by atoms with Crippen LogP contribution in [-0.2, 0) is 4.79 Å². The lowest BCUT2D eigenvalue weighted by Crippen LogP contribution is -2.44. The molecule has 2 rings (SSSR count). The van der Waals surface area contributed by atoms with Crippen LogP contribution in [0.2, 0.25) is 0 Å². The summed E-state index contributed by atoms with van der Waals surface area (Å²) in [6, 6.07) is 7.66. The standard InChI is InChI=1S/C23H39N5O3/c1-6-24-23(26-17-18(2)31-21-13-8-7-12-20(21)30-5)25-14-10-16-28-15-9-11-19(28)22(29)27(3)4/h7-8,12-13,18-19H,6,9-11,14-17H2,1-5H3,(H2,24,25,26). The second kappa shape index (κ2) is 13.0. The number of likely N-dealkylation sites (tertiary alicyclic amines) is 1. The van der Waals surface area contributed by atoms with E-state index in [4.69, 9.17) is 9.47 Å². The fourth-order valence-electron chi connectivity index (χ4n) is 3.69. The number of benzene rings is 1. The van der Waals surface area contributed by atoms with Crippen molar-refractivity contribution >= 4 is 11.9 Å². The Morgan fingerprint density at radius 2 is 2.03 bits per heavy atom. The summed E-state index contributed by atoms with van der Waals surface area (Å²) in [4.78, 5) is 21.0. The van der Waals surface area contributed by atoms with E-state index in [1.165, 1.54) is 0 Å². The van der Waals surface area contributed by atoms with Crippen molar-refractivity contribution in [2.75, 3.05) is 53.9 Å². The molecule has 0 saturated carbocycles. The fraction of sp³-hybridized carbons (Fsp3) is 0.652. The molecule has 1 aromatic rings. The lowest BCUT2D eigenvalue weighted by molar-refractivity contribution is -0.133. The third kappa shape index (κ3) is 7.94. The summed E-state index contributed by atoms with van der Waals surface area (Å²) in [5, 5.41) is 6.67. The van der Waals surface area contributed by atoms with Gasteiger partial charge in [-0.05, 0) is 51.8 Å². The van der Waals surface area contributed by atoms with E-state index in [1.54, 1.807) is 12.0 Å². The molecule has 1 aromatic carbocycles. The molecule has 0 aromatic heterocycles. The van der Waals surface area contributed by atoms with E-state index in [1.807, 2.05) is 52.2 Å². The highest BCUT2D eigenvalue weighted by Gasteiger charge is 2.30. The summed E-state index contributed by atoms with van der Waals surface area (Å²) in [5.41, 5.74) is 0. The van der Waals surface area contributed by atoms with Crippen molar-refractivity contribution in [1.29, 1.82) is 0 Å². The zero-order valence-corrected chi connectivity index (χ0v) is 19.7. The number of ether oxygens (including phenoxy) is 2. The molecule has 174 valence electrons. The van der Waals surface area contributed by atoms with Crippen molar-refractivity contribution in [3.05, 3.63) is 24.3 Å². The summed E-state index contributed by atoms with van der Waals surface area (Å²) in [6.07, 6.45) is 2.91. The molecule has 31 heavy (non-hydrogen) atoms. The minimum absolute atomic E-state index is 0.0323. The summed E-state index contributed by atoms with van der Waals surface area (Å²) < 4.78 is 11.3. The van der Waals surface area contributed by atoms with E-state index >= 15 is 0 Å². The number of carbonyl (C=O) groups is 1. The first-order valence-electron chi connectivity index (χ1n) is 11.2. The molecule has 2 N–H and O–H groups in total. The van der Waals surface area contributed by atoms with Gasteiger partial charge in [-0.2, -0.15) is 0 Å². The molecule has 8 heteroatoms. The second-order valence-corrected chi connectivity index (χ2v) is 8.01. The van der Waals surface area contributed by atoms with Crippen LogP contribution in [-0.4, -0.2) is 87.7 Å². The molecule has 0 radical (unpaired) electrons. The Morgan fingerprint density at radius 1 is 1.29 bits per heavy atom. The molecule has 1 amide bonds. The van der Waals surface area contributed by atoms with E-state index in [2.05, 4.69) is 20.5 Å². The van der Waals surface area contributed by atoms with Gasteiger partial charge in [0.25, 0.3) is 0 Å². The number of methoxy groups -OCH3 is 1. The van der Waals surface area contributed by atoms with Crippen molar-refractivity contribution in [3.8, 4) is 11.5 Å². The molecule has 1 aliphatic heterocycles. The quantitative estimate of drug-likeness (QED) is 0.316. The van der Waals surface area contributed by atoms with Crippen LogP contribution in [0, 0.1) is 0 Å². The Labute approximate surface area is 187 Å². The first kappa shape index (κ1) is 24.8. The molecule has 1 heterocycles. The number of para-hydroxylation sites is 2. The van der Waals surface area contributed by atoms with Gasteiger partial charge in [-0.25, -0.2) is 4.99 Å². The average Bonchev–Trinajstić information content (AvgIpc) is 3.23. The number of rotatable bonds is 11. The van der Waals surface area contributed by atoms with Gasteiger partial charge in [-0.1, -0.05) is 12.1 Å². The van der Waals surface area contributed by atoms with Crippen molar-refractivity contribution in [2.45, 2.75) is 45.3 Å². The maximum absolute atomic E-state index is 12.3. The van der Waals surface area contributed by atoms with Crippen LogP contribution in [0.4, 0.5) is 0 Å². The number of nitrogens with one attached hydrogen (secondary N) is 2. The number of aliphatic imine (C=N–C) groups is 1.